The number of hydrogen-bond acceptors (Lipinski definition) is 6. The molecule has 0 aromatic carbocycles. The molecule has 1 aliphatic carbocycles. The van der Waals surface area contributed by atoms with Crippen molar-refractivity contribution in [3.05, 3.63) is 36.9 Å². The van der Waals surface area contributed by atoms with Crippen LogP contribution in [0, 0.1) is 0 Å². The number of hydrogen-bond donors (Lipinski definition) is 2. The summed E-state index contributed by atoms with van der Waals surface area (Å²) in [5.41, 5.74) is 1.98. The number of fused-ring (bicyclic) bond motifs is 2. The van der Waals surface area contributed by atoms with Crippen LogP contribution in [-0.2, 0) is 4.74 Å². The van der Waals surface area contributed by atoms with Gasteiger partial charge in [-0.1, -0.05) is 0 Å². The molecule has 0 aliphatic heterocycles. The van der Waals surface area contributed by atoms with E-state index in [4.69, 9.17) is 4.74 Å². The number of nitrogens with one attached hydrogen (secondary N) is 2. The van der Waals surface area contributed by atoms with Crippen LogP contribution in [0.5, 0.6) is 0 Å². The topological polar surface area (TPSA) is 75.7 Å². The summed E-state index contributed by atoms with van der Waals surface area (Å²) in [6.45, 7) is 0. The number of rotatable bonds is 4. The van der Waals surface area contributed by atoms with Gasteiger partial charge in [-0.3, -0.25) is 4.98 Å². The molecule has 0 unspecified atom stereocenters. The molecule has 4 heterocycles. The standard InChI is InChI=1S/C18H17N5OS/c1-24-12-5-11(6-12)22-18-21-9-14-13(8-20-17(14)23-18)16-4-10-7-19-3-2-15(10)25-16/h2-4,7-9,11-12H,5-6H2,1H3,(H2,20,21,22,23). The lowest BCUT2D eigenvalue weighted by atomic mass is 9.89. The van der Waals surface area contributed by atoms with Crippen molar-refractivity contribution in [2.24, 2.45) is 0 Å². The lowest BCUT2D eigenvalue weighted by Gasteiger charge is -2.34. The van der Waals surface area contributed by atoms with E-state index in [9.17, 15) is 0 Å². The fourth-order valence-corrected chi connectivity index (χ4v) is 4.32. The number of anilines is 1. The van der Waals surface area contributed by atoms with Gasteiger partial charge >= 0.3 is 0 Å². The van der Waals surface area contributed by atoms with E-state index >= 15 is 0 Å². The molecule has 1 aliphatic rings. The van der Waals surface area contributed by atoms with Gasteiger partial charge in [0.2, 0.25) is 5.95 Å². The summed E-state index contributed by atoms with van der Waals surface area (Å²) in [5.74, 6) is 0.668. The van der Waals surface area contributed by atoms with Crippen molar-refractivity contribution < 1.29 is 4.74 Å². The molecular weight excluding hydrogens is 334 g/mol. The van der Waals surface area contributed by atoms with Gasteiger partial charge < -0.3 is 15.0 Å². The maximum atomic E-state index is 5.31. The quantitative estimate of drug-likeness (QED) is 0.584. The summed E-state index contributed by atoms with van der Waals surface area (Å²) in [6.07, 6.45) is 9.99. The van der Waals surface area contributed by atoms with E-state index in [1.54, 1.807) is 18.4 Å². The lowest BCUT2D eigenvalue weighted by Crippen LogP contribution is -2.40. The third-order valence-corrected chi connectivity index (χ3v) is 5.92. The molecule has 126 valence electrons. The second-order valence-electron chi connectivity index (χ2n) is 6.35. The van der Waals surface area contributed by atoms with Crippen molar-refractivity contribution in [1.29, 1.82) is 0 Å². The molecule has 5 rings (SSSR count). The zero-order chi connectivity index (χ0) is 16.8. The first-order valence-electron chi connectivity index (χ1n) is 8.27. The van der Waals surface area contributed by atoms with Crippen LogP contribution >= 0.6 is 11.3 Å². The lowest BCUT2D eigenvalue weighted by molar-refractivity contribution is 0.0327. The number of methoxy groups -OCH3 is 1. The van der Waals surface area contributed by atoms with Crippen molar-refractivity contribution >= 4 is 38.4 Å². The van der Waals surface area contributed by atoms with Crippen molar-refractivity contribution in [2.75, 3.05) is 12.4 Å². The highest BCUT2D eigenvalue weighted by molar-refractivity contribution is 7.22. The first kappa shape index (κ1) is 14.8. The van der Waals surface area contributed by atoms with Gasteiger partial charge in [-0.25, -0.2) is 4.98 Å². The van der Waals surface area contributed by atoms with Crippen LogP contribution in [0.25, 0.3) is 31.6 Å². The number of thiophene rings is 1. The monoisotopic (exact) mass is 351 g/mol. The van der Waals surface area contributed by atoms with E-state index in [0.29, 0.717) is 18.1 Å². The van der Waals surface area contributed by atoms with Gasteiger partial charge in [0.1, 0.15) is 5.65 Å². The number of aromatic amines is 1. The van der Waals surface area contributed by atoms with Gasteiger partial charge in [-0.05, 0) is 25.0 Å². The van der Waals surface area contributed by atoms with Crippen molar-refractivity contribution in [3.63, 3.8) is 0 Å². The molecule has 1 fully saturated rings. The van der Waals surface area contributed by atoms with Gasteiger partial charge in [0.25, 0.3) is 0 Å². The van der Waals surface area contributed by atoms with Crippen LogP contribution in [0.1, 0.15) is 12.8 Å². The largest absolute Gasteiger partial charge is 0.381 e. The molecule has 6 nitrogen and oxygen atoms in total. The van der Waals surface area contributed by atoms with Crippen LogP contribution in [0.15, 0.2) is 36.9 Å². The third-order valence-electron chi connectivity index (χ3n) is 4.78. The molecule has 2 N–H and O–H groups in total. The summed E-state index contributed by atoms with van der Waals surface area (Å²) in [6, 6.07) is 4.61. The van der Waals surface area contributed by atoms with Crippen LogP contribution in [0.3, 0.4) is 0 Å². The van der Waals surface area contributed by atoms with Crippen molar-refractivity contribution in [2.45, 2.75) is 25.0 Å². The minimum absolute atomic E-state index is 0.362. The summed E-state index contributed by atoms with van der Waals surface area (Å²) in [5, 5.41) is 5.57. The van der Waals surface area contributed by atoms with E-state index in [2.05, 4.69) is 31.3 Å². The Kier molecular flexibility index (Phi) is 3.43. The Morgan fingerprint density at radius 3 is 3.08 bits per heavy atom. The minimum Gasteiger partial charge on any atom is -0.381 e. The second-order valence-corrected chi connectivity index (χ2v) is 7.44. The Morgan fingerprint density at radius 1 is 1.32 bits per heavy atom. The Labute approximate surface area is 148 Å². The summed E-state index contributed by atoms with van der Waals surface area (Å²) >= 11 is 1.76. The molecule has 4 aromatic heterocycles. The summed E-state index contributed by atoms with van der Waals surface area (Å²) in [4.78, 5) is 17.8. The van der Waals surface area contributed by atoms with Crippen LogP contribution in [-0.4, -0.2) is 39.2 Å². The molecule has 0 atom stereocenters. The normalized spacial score (nSPS) is 20.0. The Bertz CT molecular complexity index is 1020. The molecule has 0 spiro atoms. The van der Waals surface area contributed by atoms with Crippen molar-refractivity contribution in [3.8, 4) is 10.4 Å². The third kappa shape index (κ3) is 2.56. The number of H-pyrrole nitrogens is 1. The summed E-state index contributed by atoms with van der Waals surface area (Å²) < 4.78 is 6.54. The van der Waals surface area contributed by atoms with Gasteiger partial charge in [0.15, 0.2) is 0 Å². The predicted molar refractivity (Wildman–Crippen MR) is 99.9 cm³/mol. The van der Waals surface area contributed by atoms with E-state index in [-0.39, 0.29) is 0 Å². The average molecular weight is 351 g/mol. The number of aromatic nitrogens is 4. The molecule has 1 saturated carbocycles. The fourth-order valence-electron chi connectivity index (χ4n) is 3.26. The van der Waals surface area contributed by atoms with Gasteiger partial charge in [0.05, 0.1) is 6.10 Å². The minimum atomic E-state index is 0.362. The fraction of sp³-hybridized carbons (Fsp3) is 0.278. The number of ether oxygens (including phenoxy) is 1. The van der Waals surface area contributed by atoms with E-state index in [0.717, 1.165) is 34.8 Å². The average Bonchev–Trinajstić information content (AvgIpc) is 3.20. The van der Waals surface area contributed by atoms with Crippen LogP contribution < -0.4 is 5.32 Å². The molecule has 4 aromatic rings. The van der Waals surface area contributed by atoms with E-state index in [1.165, 1.54) is 9.58 Å². The Hall–Kier alpha value is -2.51. The molecule has 0 amide bonds. The smallest absolute Gasteiger partial charge is 0.224 e. The second kappa shape index (κ2) is 5.79. The first-order chi connectivity index (χ1) is 12.3. The number of pyridine rings is 1. The molecule has 25 heavy (non-hydrogen) atoms. The zero-order valence-corrected chi connectivity index (χ0v) is 14.5. The molecule has 0 saturated heterocycles. The van der Waals surface area contributed by atoms with E-state index < -0.39 is 0 Å². The highest BCUT2D eigenvalue weighted by Crippen LogP contribution is 2.36. The maximum absolute atomic E-state index is 5.31. The molecule has 0 radical (unpaired) electrons. The van der Waals surface area contributed by atoms with E-state index in [1.807, 2.05) is 30.9 Å². The van der Waals surface area contributed by atoms with Crippen LogP contribution in [0.4, 0.5) is 5.95 Å². The predicted octanol–water partition coefficient (Wildman–Crippen LogP) is 3.82. The van der Waals surface area contributed by atoms with Gasteiger partial charge in [-0.2, -0.15) is 4.98 Å². The summed E-state index contributed by atoms with van der Waals surface area (Å²) in [7, 11) is 1.76. The Balaban J connectivity index is 1.45. The first-order valence-corrected chi connectivity index (χ1v) is 9.09. The number of nitrogens with zero attached hydrogens (tertiary/aromatic N) is 3. The van der Waals surface area contributed by atoms with Gasteiger partial charge in [0, 0.05) is 63.9 Å². The van der Waals surface area contributed by atoms with Crippen molar-refractivity contribution in [1.82, 2.24) is 19.9 Å². The van der Waals surface area contributed by atoms with Crippen LogP contribution in [0.2, 0.25) is 0 Å². The SMILES string of the molecule is COC1CC(Nc2ncc3c(-c4cc5cnccc5s4)c[nH]c3n2)C1. The highest BCUT2D eigenvalue weighted by Gasteiger charge is 2.29. The molecular formula is C18H17N5OS. The van der Waals surface area contributed by atoms with Gasteiger partial charge in [-0.15, -0.1) is 11.3 Å². The maximum Gasteiger partial charge on any atom is 0.224 e. The molecule has 7 heteroatoms. The Morgan fingerprint density at radius 2 is 2.24 bits per heavy atom. The molecule has 0 bridgehead atoms. The zero-order valence-electron chi connectivity index (χ0n) is 13.7. The highest BCUT2D eigenvalue weighted by atomic mass is 32.1.